The molecule has 0 aliphatic carbocycles. The zero-order valence-corrected chi connectivity index (χ0v) is 15.6. The van der Waals surface area contributed by atoms with Crippen molar-refractivity contribution in [3.05, 3.63) is 34.3 Å². The van der Waals surface area contributed by atoms with Crippen molar-refractivity contribution < 1.29 is 0 Å². The molecule has 20 heavy (non-hydrogen) atoms. The quantitative estimate of drug-likeness (QED) is 0.819. The van der Waals surface area contributed by atoms with Gasteiger partial charge in [0.05, 0.1) is 0 Å². The maximum absolute atomic E-state index is 3.71. The molecule has 0 aromatic heterocycles. The van der Waals surface area contributed by atoms with Gasteiger partial charge in [-0.15, -0.1) is 24.8 Å². The standard InChI is InChI=1S/C15H23BrN2.2ClH/c1-15(2,3)14(18-10-8-17-9-11-18)12-6-4-5-7-13(12)16;;/h4-7,14,17H,8-11H2,1-3H3;2*1H/t14-;;/m0../s1. The zero-order valence-electron chi connectivity index (χ0n) is 12.4. The lowest BCUT2D eigenvalue weighted by molar-refractivity contribution is 0.0857. The van der Waals surface area contributed by atoms with Gasteiger partial charge in [-0.1, -0.05) is 54.9 Å². The van der Waals surface area contributed by atoms with Gasteiger partial charge in [-0.2, -0.15) is 0 Å². The Morgan fingerprint density at radius 2 is 1.65 bits per heavy atom. The van der Waals surface area contributed by atoms with Crippen LogP contribution in [-0.4, -0.2) is 31.1 Å². The first-order valence-electron chi connectivity index (χ1n) is 6.69. The second-order valence-corrected chi connectivity index (χ2v) is 6.93. The number of nitrogens with one attached hydrogen (secondary N) is 1. The number of hydrogen-bond acceptors (Lipinski definition) is 2. The highest BCUT2D eigenvalue weighted by atomic mass is 79.9. The summed E-state index contributed by atoms with van der Waals surface area (Å²) in [5, 5.41) is 3.43. The summed E-state index contributed by atoms with van der Waals surface area (Å²) in [4.78, 5) is 2.61. The Bertz CT molecular complexity index is 401. The van der Waals surface area contributed by atoms with Crippen molar-refractivity contribution >= 4 is 40.7 Å². The highest BCUT2D eigenvalue weighted by molar-refractivity contribution is 9.10. The van der Waals surface area contributed by atoms with Crippen molar-refractivity contribution in [1.82, 2.24) is 10.2 Å². The monoisotopic (exact) mass is 382 g/mol. The molecule has 1 aliphatic rings. The lowest BCUT2D eigenvalue weighted by Crippen LogP contribution is -2.48. The number of nitrogens with zero attached hydrogens (tertiary/aromatic N) is 1. The summed E-state index contributed by atoms with van der Waals surface area (Å²) in [6.45, 7) is 11.4. The van der Waals surface area contributed by atoms with Gasteiger partial charge in [0.25, 0.3) is 0 Å². The van der Waals surface area contributed by atoms with Gasteiger partial charge in [-0.25, -0.2) is 0 Å². The minimum atomic E-state index is 0. The summed E-state index contributed by atoms with van der Waals surface area (Å²) in [5.74, 6) is 0. The van der Waals surface area contributed by atoms with Crippen LogP contribution < -0.4 is 5.32 Å². The average Bonchev–Trinajstić information content (AvgIpc) is 2.32. The van der Waals surface area contributed by atoms with Crippen LogP contribution in [0.15, 0.2) is 28.7 Å². The first-order valence-corrected chi connectivity index (χ1v) is 7.48. The van der Waals surface area contributed by atoms with Crippen molar-refractivity contribution in [2.24, 2.45) is 5.41 Å². The Kier molecular flexibility index (Phi) is 8.68. The highest BCUT2D eigenvalue weighted by Crippen LogP contribution is 2.40. The molecule has 1 fully saturated rings. The minimum Gasteiger partial charge on any atom is -0.314 e. The maximum atomic E-state index is 3.71. The lowest BCUT2D eigenvalue weighted by Gasteiger charge is -2.43. The van der Waals surface area contributed by atoms with Crippen LogP contribution in [-0.2, 0) is 0 Å². The summed E-state index contributed by atoms with van der Waals surface area (Å²) < 4.78 is 1.23. The first-order chi connectivity index (χ1) is 8.50. The Morgan fingerprint density at radius 1 is 1.10 bits per heavy atom. The van der Waals surface area contributed by atoms with Crippen LogP contribution in [0.4, 0.5) is 0 Å². The molecule has 0 spiro atoms. The van der Waals surface area contributed by atoms with Gasteiger partial charge >= 0.3 is 0 Å². The molecule has 1 aromatic carbocycles. The third kappa shape index (κ3) is 4.88. The fourth-order valence-corrected chi connectivity index (χ4v) is 3.35. The van der Waals surface area contributed by atoms with E-state index in [0.717, 1.165) is 26.2 Å². The molecule has 0 saturated carbocycles. The van der Waals surface area contributed by atoms with Crippen LogP contribution in [0.3, 0.4) is 0 Å². The molecule has 0 amide bonds. The Hall–Kier alpha value is 0.200. The molecular weight excluding hydrogens is 359 g/mol. The number of benzene rings is 1. The Morgan fingerprint density at radius 3 is 2.15 bits per heavy atom. The number of halogens is 3. The molecule has 0 radical (unpaired) electrons. The molecule has 0 unspecified atom stereocenters. The predicted molar refractivity (Wildman–Crippen MR) is 95.3 cm³/mol. The van der Waals surface area contributed by atoms with E-state index in [2.05, 4.69) is 71.2 Å². The van der Waals surface area contributed by atoms with Crippen LogP contribution in [0.2, 0.25) is 0 Å². The van der Waals surface area contributed by atoms with Crippen molar-refractivity contribution in [2.45, 2.75) is 26.8 Å². The van der Waals surface area contributed by atoms with E-state index in [1.165, 1.54) is 10.0 Å². The summed E-state index contributed by atoms with van der Waals surface area (Å²) in [6.07, 6.45) is 0. The molecule has 1 aromatic rings. The van der Waals surface area contributed by atoms with E-state index in [1.54, 1.807) is 0 Å². The van der Waals surface area contributed by atoms with E-state index in [4.69, 9.17) is 0 Å². The number of rotatable bonds is 2. The van der Waals surface area contributed by atoms with Crippen LogP contribution in [0.1, 0.15) is 32.4 Å². The third-order valence-corrected chi connectivity index (χ3v) is 4.26. The van der Waals surface area contributed by atoms with Crippen molar-refractivity contribution in [3.8, 4) is 0 Å². The number of piperazine rings is 1. The predicted octanol–water partition coefficient (Wildman–Crippen LogP) is 4.29. The van der Waals surface area contributed by atoms with Crippen molar-refractivity contribution in [3.63, 3.8) is 0 Å². The molecule has 0 bridgehead atoms. The van der Waals surface area contributed by atoms with Crippen LogP contribution >= 0.6 is 40.7 Å². The third-order valence-electron chi connectivity index (χ3n) is 3.54. The summed E-state index contributed by atoms with van der Waals surface area (Å²) in [6, 6.07) is 9.10. The molecule has 5 heteroatoms. The SMILES string of the molecule is CC(C)(C)[C@H](c1ccccc1Br)N1CCNCC1.Cl.Cl. The molecule has 1 heterocycles. The fraction of sp³-hybridized carbons (Fsp3) is 0.600. The molecular formula is C15H25BrCl2N2. The minimum absolute atomic E-state index is 0. The summed E-state index contributed by atoms with van der Waals surface area (Å²) in [7, 11) is 0. The molecule has 1 saturated heterocycles. The molecule has 1 aliphatic heterocycles. The van der Waals surface area contributed by atoms with Gasteiger partial charge in [0.1, 0.15) is 0 Å². The van der Waals surface area contributed by atoms with E-state index in [-0.39, 0.29) is 30.2 Å². The van der Waals surface area contributed by atoms with Crippen molar-refractivity contribution in [2.75, 3.05) is 26.2 Å². The van der Waals surface area contributed by atoms with Gasteiger partial charge < -0.3 is 5.32 Å². The van der Waals surface area contributed by atoms with Crippen molar-refractivity contribution in [1.29, 1.82) is 0 Å². The summed E-state index contributed by atoms with van der Waals surface area (Å²) >= 11 is 3.71. The lowest BCUT2D eigenvalue weighted by atomic mass is 9.81. The van der Waals surface area contributed by atoms with Gasteiger partial charge in [0.15, 0.2) is 0 Å². The van der Waals surface area contributed by atoms with E-state index in [9.17, 15) is 0 Å². The second kappa shape index (κ2) is 8.60. The zero-order chi connectivity index (χ0) is 13.2. The fourth-order valence-electron chi connectivity index (χ4n) is 2.85. The maximum Gasteiger partial charge on any atom is 0.0408 e. The van der Waals surface area contributed by atoms with E-state index < -0.39 is 0 Å². The van der Waals surface area contributed by atoms with Gasteiger partial charge in [0.2, 0.25) is 0 Å². The van der Waals surface area contributed by atoms with E-state index in [1.807, 2.05) is 0 Å². The number of hydrogen-bond donors (Lipinski definition) is 1. The highest BCUT2D eigenvalue weighted by Gasteiger charge is 2.33. The molecule has 2 nitrogen and oxygen atoms in total. The molecule has 2 rings (SSSR count). The molecule has 1 N–H and O–H groups in total. The Balaban J connectivity index is 0.00000180. The molecule has 116 valence electrons. The van der Waals surface area contributed by atoms with Gasteiger partial charge in [-0.3, -0.25) is 4.90 Å². The normalized spacial score (nSPS) is 17.8. The first kappa shape index (κ1) is 20.2. The summed E-state index contributed by atoms with van der Waals surface area (Å²) in [5.41, 5.74) is 1.65. The smallest absolute Gasteiger partial charge is 0.0408 e. The van der Waals surface area contributed by atoms with Gasteiger partial charge in [-0.05, 0) is 17.0 Å². The van der Waals surface area contributed by atoms with Gasteiger partial charge in [0, 0.05) is 36.7 Å². The van der Waals surface area contributed by atoms with Crippen LogP contribution in [0.5, 0.6) is 0 Å². The van der Waals surface area contributed by atoms with Crippen LogP contribution in [0.25, 0.3) is 0 Å². The topological polar surface area (TPSA) is 15.3 Å². The average molecular weight is 384 g/mol. The Labute approximate surface area is 143 Å². The second-order valence-electron chi connectivity index (χ2n) is 6.08. The largest absolute Gasteiger partial charge is 0.314 e. The molecule has 1 atom stereocenters. The van der Waals surface area contributed by atoms with E-state index >= 15 is 0 Å². The van der Waals surface area contributed by atoms with Crippen LogP contribution in [0, 0.1) is 5.41 Å². The van der Waals surface area contributed by atoms with E-state index in [0.29, 0.717) is 6.04 Å².